The summed E-state index contributed by atoms with van der Waals surface area (Å²) in [6, 6.07) is 19.2. The maximum absolute atomic E-state index is 4.34. The molecule has 2 aromatic rings. The van der Waals surface area contributed by atoms with Crippen LogP contribution in [0.2, 0.25) is 0 Å². The van der Waals surface area contributed by atoms with E-state index in [-0.39, 0.29) is 0 Å². The number of benzene rings is 2. The Morgan fingerprint density at radius 1 is 0.900 bits per heavy atom. The van der Waals surface area contributed by atoms with Crippen molar-refractivity contribution in [3.8, 4) is 0 Å². The molecule has 20 heavy (non-hydrogen) atoms. The summed E-state index contributed by atoms with van der Waals surface area (Å²) in [5.41, 5.74) is 6.14. The van der Waals surface area contributed by atoms with Crippen molar-refractivity contribution in [1.82, 2.24) is 0 Å². The van der Waals surface area contributed by atoms with Gasteiger partial charge in [-0.1, -0.05) is 75.3 Å². The molecule has 0 aromatic heterocycles. The van der Waals surface area contributed by atoms with Crippen molar-refractivity contribution < 1.29 is 0 Å². The molecule has 0 aliphatic heterocycles. The maximum atomic E-state index is 4.34. The highest BCUT2D eigenvalue weighted by molar-refractivity contribution is 7.42. The van der Waals surface area contributed by atoms with E-state index in [0.717, 1.165) is 14.2 Å². The van der Waals surface area contributed by atoms with Gasteiger partial charge in [0.1, 0.15) is 0 Å². The minimum Gasteiger partial charge on any atom is -0.0977 e. The van der Waals surface area contributed by atoms with Crippen molar-refractivity contribution in [2.75, 3.05) is 6.66 Å². The second kappa shape index (κ2) is 6.68. The van der Waals surface area contributed by atoms with Crippen LogP contribution < -0.4 is 0 Å². The zero-order valence-corrected chi connectivity index (χ0v) is 13.4. The number of rotatable bonds is 4. The lowest BCUT2D eigenvalue weighted by Gasteiger charge is -2.15. The molecule has 0 heterocycles. The number of allylic oxidation sites excluding steroid dienone is 3. The van der Waals surface area contributed by atoms with Gasteiger partial charge in [-0.05, 0) is 48.1 Å². The molecule has 102 valence electrons. The molecule has 1 heteroatoms. The second-order valence-electron chi connectivity index (χ2n) is 4.96. The summed E-state index contributed by atoms with van der Waals surface area (Å²) < 4.78 is 0. The molecule has 0 radical (unpaired) electrons. The predicted molar refractivity (Wildman–Crippen MR) is 93.5 cm³/mol. The van der Waals surface area contributed by atoms with Crippen LogP contribution >= 0.6 is 8.58 Å². The van der Waals surface area contributed by atoms with E-state index in [1.807, 2.05) is 6.07 Å². The Bertz CT molecular complexity index is 619. The molecule has 0 fully saturated rings. The molecular weight excluding hydrogens is 259 g/mol. The first kappa shape index (κ1) is 14.8. The van der Waals surface area contributed by atoms with Crippen molar-refractivity contribution >= 4 is 19.7 Å². The van der Waals surface area contributed by atoms with Crippen LogP contribution in [0, 0.1) is 6.92 Å². The van der Waals surface area contributed by atoms with Gasteiger partial charge >= 0.3 is 0 Å². The number of hydrogen-bond acceptors (Lipinski definition) is 0. The third-order valence-corrected chi connectivity index (χ3v) is 4.51. The highest BCUT2D eigenvalue weighted by atomic mass is 31.1. The summed E-state index contributed by atoms with van der Waals surface area (Å²) in [5, 5.41) is 1.41. The predicted octanol–water partition coefficient (Wildman–Crippen LogP) is 5.75. The van der Waals surface area contributed by atoms with Crippen molar-refractivity contribution in [1.29, 1.82) is 0 Å². The van der Waals surface area contributed by atoms with Gasteiger partial charge in [0.25, 0.3) is 0 Å². The smallest absolute Gasteiger partial charge is 0.00801 e. The van der Waals surface area contributed by atoms with E-state index in [1.54, 1.807) is 0 Å². The van der Waals surface area contributed by atoms with Crippen LogP contribution in [0.15, 0.2) is 66.5 Å². The molecule has 2 aromatic carbocycles. The minimum atomic E-state index is 0.791. The average molecular weight is 280 g/mol. The lowest BCUT2D eigenvalue weighted by molar-refractivity contribution is 1.45. The molecule has 0 saturated heterocycles. The molecule has 1 unspecified atom stereocenters. The molecule has 2 rings (SSSR count). The molecule has 0 amide bonds. The molecule has 0 saturated carbocycles. The summed E-state index contributed by atoms with van der Waals surface area (Å²) in [4.78, 5) is 0. The van der Waals surface area contributed by atoms with Gasteiger partial charge in [0.2, 0.25) is 0 Å². The first-order valence-corrected chi connectivity index (χ1v) is 8.34. The van der Waals surface area contributed by atoms with Gasteiger partial charge in [0, 0.05) is 0 Å². The third-order valence-electron chi connectivity index (χ3n) is 3.51. The van der Waals surface area contributed by atoms with E-state index >= 15 is 0 Å². The second-order valence-corrected chi connectivity index (χ2v) is 6.21. The molecule has 0 nitrogen and oxygen atoms in total. The SMILES string of the molecule is C=C(/C(=C(/C)PC)c1ccc(C)cc1)c1ccccc1. The topological polar surface area (TPSA) is 0 Å². The largest absolute Gasteiger partial charge is 0.0977 e. The molecule has 0 bridgehead atoms. The van der Waals surface area contributed by atoms with Crippen LogP contribution in [-0.2, 0) is 0 Å². The quantitative estimate of drug-likeness (QED) is 0.494. The van der Waals surface area contributed by atoms with Crippen molar-refractivity contribution in [2.45, 2.75) is 13.8 Å². The fourth-order valence-corrected chi connectivity index (χ4v) is 2.79. The average Bonchev–Trinajstić information content (AvgIpc) is 2.50. The van der Waals surface area contributed by atoms with E-state index in [4.69, 9.17) is 0 Å². The summed E-state index contributed by atoms with van der Waals surface area (Å²) in [6.45, 7) is 10.9. The van der Waals surface area contributed by atoms with Gasteiger partial charge in [-0.2, -0.15) is 0 Å². The van der Waals surface area contributed by atoms with Crippen LogP contribution in [0.5, 0.6) is 0 Å². The summed E-state index contributed by atoms with van der Waals surface area (Å²) >= 11 is 0. The molecule has 0 aliphatic carbocycles. The molecule has 1 atom stereocenters. The summed E-state index contributed by atoms with van der Waals surface area (Å²) in [6.07, 6.45) is 0. The normalized spacial score (nSPS) is 12.6. The fourth-order valence-electron chi connectivity index (χ4n) is 2.25. The van der Waals surface area contributed by atoms with Crippen molar-refractivity contribution in [2.24, 2.45) is 0 Å². The Hall–Kier alpha value is -1.65. The zero-order chi connectivity index (χ0) is 14.5. The fraction of sp³-hybridized carbons (Fsp3) is 0.158. The van der Waals surface area contributed by atoms with Crippen LogP contribution in [0.3, 0.4) is 0 Å². The van der Waals surface area contributed by atoms with Gasteiger partial charge in [0.15, 0.2) is 0 Å². The van der Waals surface area contributed by atoms with Gasteiger partial charge in [-0.15, -0.1) is 0 Å². The maximum Gasteiger partial charge on any atom is -0.00801 e. The first-order valence-electron chi connectivity index (χ1n) is 6.84. The molecular formula is C19H21P. The highest BCUT2D eigenvalue weighted by Crippen LogP contribution is 2.37. The van der Waals surface area contributed by atoms with Crippen LogP contribution in [0.4, 0.5) is 0 Å². The zero-order valence-electron chi connectivity index (χ0n) is 12.4. The lowest BCUT2D eigenvalue weighted by atomic mass is 9.93. The Kier molecular flexibility index (Phi) is 4.93. The molecule has 0 spiro atoms. The molecule has 0 N–H and O–H groups in total. The van der Waals surface area contributed by atoms with E-state index in [9.17, 15) is 0 Å². The Morgan fingerprint density at radius 3 is 2.05 bits per heavy atom. The standard InChI is InChI=1S/C19H21P/c1-14-10-12-18(13-11-14)19(16(3)20-4)15(2)17-8-6-5-7-9-17/h5-13,20H,2H2,1,3-4H3/b19-16+. The van der Waals surface area contributed by atoms with Crippen molar-refractivity contribution in [3.05, 3.63) is 83.2 Å². The Balaban J connectivity index is 2.50. The van der Waals surface area contributed by atoms with E-state index < -0.39 is 0 Å². The summed E-state index contributed by atoms with van der Waals surface area (Å²) in [5.74, 6) is 0. The summed E-state index contributed by atoms with van der Waals surface area (Å²) in [7, 11) is 0.791. The minimum absolute atomic E-state index is 0.791. The number of hydrogen-bond donors (Lipinski definition) is 0. The van der Waals surface area contributed by atoms with E-state index in [1.165, 1.54) is 27.6 Å². The van der Waals surface area contributed by atoms with Gasteiger partial charge < -0.3 is 0 Å². The van der Waals surface area contributed by atoms with Gasteiger partial charge in [-0.25, -0.2) is 0 Å². The first-order chi connectivity index (χ1) is 9.63. The van der Waals surface area contributed by atoms with Crippen LogP contribution in [0.1, 0.15) is 23.6 Å². The van der Waals surface area contributed by atoms with Crippen molar-refractivity contribution in [3.63, 3.8) is 0 Å². The van der Waals surface area contributed by atoms with Crippen LogP contribution in [-0.4, -0.2) is 6.66 Å². The molecule has 0 aliphatic rings. The van der Waals surface area contributed by atoms with Gasteiger partial charge in [0.05, 0.1) is 0 Å². The van der Waals surface area contributed by atoms with E-state index in [2.05, 4.69) is 75.6 Å². The third kappa shape index (κ3) is 3.26. The van der Waals surface area contributed by atoms with Gasteiger partial charge in [-0.3, -0.25) is 0 Å². The van der Waals surface area contributed by atoms with Crippen LogP contribution in [0.25, 0.3) is 11.1 Å². The lowest BCUT2D eigenvalue weighted by Crippen LogP contribution is -1.92. The monoisotopic (exact) mass is 280 g/mol. The Labute approximate surface area is 124 Å². The Morgan fingerprint density at radius 2 is 1.50 bits per heavy atom. The number of aryl methyl sites for hydroxylation is 1. The highest BCUT2D eigenvalue weighted by Gasteiger charge is 2.11. The van der Waals surface area contributed by atoms with E-state index in [0.29, 0.717) is 0 Å².